The van der Waals surface area contributed by atoms with Gasteiger partial charge < -0.3 is 5.32 Å². The fraction of sp³-hybridized carbons (Fsp3) is 0.174. The molecule has 0 saturated carbocycles. The van der Waals surface area contributed by atoms with Crippen LogP contribution in [0.15, 0.2) is 88.7 Å². The maximum atomic E-state index is 12.5. The Hall–Kier alpha value is -2.37. The summed E-state index contributed by atoms with van der Waals surface area (Å²) in [6.07, 6.45) is 0.443. The molecule has 28 heavy (non-hydrogen) atoms. The summed E-state index contributed by atoms with van der Waals surface area (Å²) in [6.45, 7) is 2.06. The zero-order valence-electron chi connectivity index (χ0n) is 15.8. The minimum absolute atomic E-state index is 0.0130. The average Bonchev–Trinajstić information content (AvgIpc) is 2.70. The van der Waals surface area contributed by atoms with E-state index in [4.69, 9.17) is 0 Å². The van der Waals surface area contributed by atoms with Crippen molar-refractivity contribution < 1.29 is 9.00 Å². The minimum Gasteiger partial charge on any atom is -0.326 e. The van der Waals surface area contributed by atoms with Crippen LogP contribution in [0.2, 0.25) is 0 Å². The largest absolute Gasteiger partial charge is 0.326 e. The van der Waals surface area contributed by atoms with Crippen LogP contribution in [0.25, 0.3) is 0 Å². The lowest BCUT2D eigenvalue weighted by Gasteiger charge is -2.08. The summed E-state index contributed by atoms with van der Waals surface area (Å²) in [4.78, 5) is 14.2. The Balaban J connectivity index is 1.50. The van der Waals surface area contributed by atoms with Crippen molar-refractivity contribution in [1.82, 2.24) is 0 Å². The number of benzene rings is 3. The first-order valence-corrected chi connectivity index (χ1v) is 11.4. The predicted molar refractivity (Wildman–Crippen MR) is 118 cm³/mol. The van der Waals surface area contributed by atoms with Crippen LogP contribution in [0.4, 0.5) is 5.69 Å². The highest BCUT2D eigenvalue weighted by molar-refractivity contribution is 7.99. The zero-order chi connectivity index (χ0) is 19.8. The Morgan fingerprint density at radius 3 is 2.46 bits per heavy atom. The fourth-order valence-corrected chi connectivity index (χ4v) is 4.63. The van der Waals surface area contributed by atoms with Gasteiger partial charge in [0.05, 0.1) is 16.6 Å². The lowest BCUT2D eigenvalue weighted by Crippen LogP contribution is -2.12. The molecule has 3 nitrogen and oxygen atoms in total. The van der Waals surface area contributed by atoms with Crippen LogP contribution in [0.3, 0.4) is 0 Å². The van der Waals surface area contributed by atoms with E-state index in [0.29, 0.717) is 12.2 Å². The van der Waals surface area contributed by atoms with Gasteiger partial charge in [0.1, 0.15) is 0 Å². The second-order valence-corrected chi connectivity index (χ2v) is 9.08. The third-order valence-corrected chi connectivity index (χ3v) is 6.54. The van der Waals surface area contributed by atoms with Crippen LogP contribution < -0.4 is 5.32 Å². The van der Waals surface area contributed by atoms with Gasteiger partial charge in [-0.15, -0.1) is 11.8 Å². The molecule has 1 N–H and O–H groups in total. The standard InChI is InChI=1S/C23H23NO2S2/c1-18-10-12-21(13-11-18)27-15-14-23(25)24-20-7-5-6-19(16-20)17-28(26)22-8-3-2-4-9-22/h2-13,16H,14-15,17H2,1H3,(H,24,25). The number of carbonyl (C=O) groups excluding carboxylic acids is 1. The molecule has 0 aromatic heterocycles. The average molecular weight is 410 g/mol. The summed E-state index contributed by atoms with van der Waals surface area (Å²) >= 11 is 1.68. The Kier molecular flexibility index (Phi) is 7.46. The zero-order valence-corrected chi connectivity index (χ0v) is 17.4. The van der Waals surface area contributed by atoms with E-state index in [1.807, 2.05) is 54.6 Å². The Labute approximate surface area is 173 Å². The van der Waals surface area contributed by atoms with Gasteiger partial charge in [-0.05, 0) is 48.9 Å². The molecule has 0 radical (unpaired) electrons. The molecule has 3 aromatic carbocycles. The summed E-state index contributed by atoms with van der Waals surface area (Å²) in [5, 5.41) is 2.94. The molecule has 5 heteroatoms. The molecule has 0 aliphatic rings. The first-order chi connectivity index (χ1) is 13.6. The lowest BCUT2D eigenvalue weighted by molar-refractivity contribution is -0.115. The van der Waals surface area contributed by atoms with Gasteiger partial charge in [-0.3, -0.25) is 9.00 Å². The van der Waals surface area contributed by atoms with Gasteiger partial charge in [-0.1, -0.05) is 48.0 Å². The molecule has 0 aliphatic heterocycles. The van der Waals surface area contributed by atoms with E-state index in [0.717, 1.165) is 21.9 Å². The van der Waals surface area contributed by atoms with Crippen molar-refractivity contribution >= 4 is 34.2 Å². The van der Waals surface area contributed by atoms with Gasteiger partial charge in [0.15, 0.2) is 0 Å². The predicted octanol–water partition coefficient (Wildman–Crippen LogP) is 5.42. The minimum atomic E-state index is -1.10. The van der Waals surface area contributed by atoms with Crippen molar-refractivity contribution in [2.45, 2.75) is 28.9 Å². The van der Waals surface area contributed by atoms with Crippen molar-refractivity contribution in [2.24, 2.45) is 0 Å². The number of hydrogen-bond donors (Lipinski definition) is 1. The highest BCUT2D eigenvalue weighted by Gasteiger charge is 2.07. The molecule has 0 heterocycles. The number of rotatable bonds is 8. The number of amides is 1. The second kappa shape index (κ2) is 10.2. The van der Waals surface area contributed by atoms with Crippen LogP contribution in [0.1, 0.15) is 17.5 Å². The number of anilines is 1. The quantitative estimate of drug-likeness (QED) is 0.505. The Morgan fingerprint density at radius 1 is 0.964 bits per heavy atom. The van der Waals surface area contributed by atoms with Crippen LogP contribution in [-0.4, -0.2) is 15.9 Å². The maximum absolute atomic E-state index is 12.5. The van der Waals surface area contributed by atoms with Gasteiger partial charge in [-0.25, -0.2) is 0 Å². The second-order valence-electron chi connectivity index (χ2n) is 6.46. The van der Waals surface area contributed by atoms with E-state index in [-0.39, 0.29) is 5.91 Å². The van der Waals surface area contributed by atoms with Crippen molar-refractivity contribution in [1.29, 1.82) is 0 Å². The van der Waals surface area contributed by atoms with E-state index in [2.05, 4.69) is 36.5 Å². The van der Waals surface area contributed by atoms with Crippen LogP contribution >= 0.6 is 11.8 Å². The number of thioether (sulfide) groups is 1. The number of carbonyl (C=O) groups is 1. The summed E-state index contributed by atoms with van der Waals surface area (Å²) in [5.41, 5.74) is 2.91. The van der Waals surface area contributed by atoms with Crippen molar-refractivity contribution in [2.75, 3.05) is 11.1 Å². The monoisotopic (exact) mass is 409 g/mol. The highest BCUT2D eigenvalue weighted by atomic mass is 32.2. The van der Waals surface area contributed by atoms with E-state index < -0.39 is 10.8 Å². The summed E-state index contributed by atoms with van der Waals surface area (Å²) < 4.78 is 12.5. The van der Waals surface area contributed by atoms with Crippen molar-refractivity contribution in [3.63, 3.8) is 0 Å². The summed E-state index contributed by atoms with van der Waals surface area (Å²) in [6, 6.07) is 25.3. The Morgan fingerprint density at radius 2 is 1.71 bits per heavy atom. The van der Waals surface area contributed by atoms with E-state index in [9.17, 15) is 9.00 Å². The van der Waals surface area contributed by atoms with Crippen molar-refractivity contribution in [3.05, 3.63) is 90.0 Å². The first kappa shape index (κ1) is 20.4. The fourth-order valence-electron chi connectivity index (χ4n) is 2.67. The normalized spacial score (nSPS) is 11.8. The molecule has 0 aliphatic carbocycles. The van der Waals surface area contributed by atoms with Crippen molar-refractivity contribution in [3.8, 4) is 0 Å². The van der Waals surface area contributed by atoms with Gasteiger partial charge in [0.2, 0.25) is 5.91 Å². The number of aryl methyl sites for hydroxylation is 1. The molecule has 0 fully saturated rings. The molecule has 0 bridgehead atoms. The molecular formula is C23H23NO2S2. The third kappa shape index (κ3) is 6.36. The molecule has 1 unspecified atom stereocenters. The maximum Gasteiger partial charge on any atom is 0.225 e. The van der Waals surface area contributed by atoms with Crippen LogP contribution in [0, 0.1) is 6.92 Å². The highest BCUT2D eigenvalue weighted by Crippen LogP contribution is 2.20. The van der Waals surface area contributed by atoms with Gasteiger partial charge in [0, 0.05) is 27.7 Å². The van der Waals surface area contributed by atoms with E-state index in [1.54, 1.807) is 11.8 Å². The molecular weight excluding hydrogens is 386 g/mol. The van der Waals surface area contributed by atoms with Gasteiger partial charge >= 0.3 is 0 Å². The molecule has 1 atom stereocenters. The topological polar surface area (TPSA) is 46.2 Å². The third-order valence-electron chi connectivity index (χ3n) is 4.13. The molecule has 3 rings (SSSR count). The smallest absolute Gasteiger partial charge is 0.225 e. The molecule has 144 valence electrons. The van der Waals surface area contributed by atoms with Gasteiger partial charge in [-0.2, -0.15) is 0 Å². The SMILES string of the molecule is Cc1ccc(SCCC(=O)Nc2cccc(CS(=O)c3ccccc3)c2)cc1. The van der Waals surface area contributed by atoms with Gasteiger partial charge in [0.25, 0.3) is 0 Å². The summed E-state index contributed by atoms with van der Waals surface area (Å²) in [5.74, 6) is 1.14. The van der Waals surface area contributed by atoms with E-state index in [1.165, 1.54) is 10.5 Å². The summed E-state index contributed by atoms with van der Waals surface area (Å²) in [7, 11) is -1.10. The molecule has 3 aromatic rings. The lowest BCUT2D eigenvalue weighted by atomic mass is 10.2. The number of hydrogen-bond acceptors (Lipinski definition) is 3. The number of nitrogens with one attached hydrogen (secondary N) is 1. The van der Waals surface area contributed by atoms with Crippen LogP contribution in [0.5, 0.6) is 0 Å². The first-order valence-electron chi connectivity index (χ1n) is 9.12. The molecule has 0 spiro atoms. The molecule has 0 saturated heterocycles. The molecule has 1 amide bonds. The van der Waals surface area contributed by atoms with Crippen LogP contribution in [-0.2, 0) is 21.3 Å². The van der Waals surface area contributed by atoms with E-state index >= 15 is 0 Å². The Bertz CT molecular complexity index is 940.